The van der Waals surface area contributed by atoms with Crippen molar-refractivity contribution in [2.45, 2.75) is 19.8 Å². The fourth-order valence-corrected chi connectivity index (χ4v) is 1.86. The second-order valence-corrected chi connectivity index (χ2v) is 4.64. The minimum Gasteiger partial charge on any atom is -0.496 e. The Hall–Kier alpha value is -2.43. The molecule has 0 aliphatic carbocycles. The van der Waals surface area contributed by atoms with E-state index >= 15 is 0 Å². The number of anilines is 1. The van der Waals surface area contributed by atoms with E-state index in [1.165, 1.54) is 0 Å². The molecule has 2 rings (SSSR count). The van der Waals surface area contributed by atoms with Crippen LogP contribution in [0.2, 0.25) is 0 Å². The molecule has 0 saturated carbocycles. The molecule has 0 unspecified atom stereocenters. The van der Waals surface area contributed by atoms with Gasteiger partial charge in [0.15, 0.2) is 0 Å². The van der Waals surface area contributed by atoms with E-state index in [4.69, 9.17) is 4.74 Å². The number of hydrogen-bond donors (Lipinski definition) is 1. The molecule has 2 aromatic rings. The van der Waals surface area contributed by atoms with Crippen LogP contribution >= 0.6 is 0 Å². The number of rotatable bonds is 4. The summed E-state index contributed by atoms with van der Waals surface area (Å²) < 4.78 is 5.30. The molecule has 0 saturated heterocycles. The summed E-state index contributed by atoms with van der Waals surface area (Å²) in [7, 11) is 1.62. The van der Waals surface area contributed by atoms with Crippen LogP contribution in [0.25, 0.3) is 0 Å². The molecule has 0 spiro atoms. The Morgan fingerprint density at radius 1 is 1.25 bits per heavy atom. The van der Waals surface area contributed by atoms with Crippen molar-refractivity contribution in [2.75, 3.05) is 12.4 Å². The van der Waals surface area contributed by atoms with E-state index < -0.39 is 0 Å². The average Bonchev–Trinajstić information content (AvgIpc) is 2.47. The van der Waals surface area contributed by atoms with Gasteiger partial charge in [-0.2, -0.15) is 0 Å². The lowest BCUT2D eigenvalue weighted by molar-refractivity contribution is 0.102. The van der Waals surface area contributed by atoms with Gasteiger partial charge in [-0.1, -0.05) is 13.8 Å². The summed E-state index contributed by atoms with van der Waals surface area (Å²) in [5.41, 5.74) is 1.55. The van der Waals surface area contributed by atoms with Crippen molar-refractivity contribution >= 4 is 11.9 Å². The van der Waals surface area contributed by atoms with E-state index in [-0.39, 0.29) is 11.8 Å². The third-order valence-corrected chi connectivity index (χ3v) is 2.91. The molecule has 0 atom stereocenters. The third kappa shape index (κ3) is 3.12. The standard InChI is InChI=1S/C15H17N3O2/c1-10(2)12-9-11(5-6-13(12)20-3)14(19)18-15-16-7-4-8-17-15/h4-10H,1-3H3,(H,16,17,18,19). The van der Waals surface area contributed by atoms with Gasteiger partial charge in [0, 0.05) is 18.0 Å². The van der Waals surface area contributed by atoms with Gasteiger partial charge in [0.05, 0.1) is 7.11 Å². The molecule has 5 heteroatoms. The van der Waals surface area contributed by atoms with Crippen molar-refractivity contribution in [3.63, 3.8) is 0 Å². The Bertz CT molecular complexity index is 597. The van der Waals surface area contributed by atoms with Crippen LogP contribution in [0.1, 0.15) is 35.7 Å². The molecule has 5 nitrogen and oxygen atoms in total. The molecule has 1 aromatic heterocycles. The number of benzene rings is 1. The first-order chi connectivity index (χ1) is 9.61. The van der Waals surface area contributed by atoms with Crippen LogP contribution in [-0.2, 0) is 0 Å². The molecule has 0 bridgehead atoms. The lowest BCUT2D eigenvalue weighted by Gasteiger charge is -2.13. The minimum absolute atomic E-state index is 0.235. The van der Waals surface area contributed by atoms with Crippen molar-refractivity contribution in [1.82, 2.24) is 9.97 Å². The topological polar surface area (TPSA) is 64.1 Å². The van der Waals surface area contributed by atoms with E-state index in [0.717, 1.165) is 11.3 Å². The molecule has 0 aliphatic heterocycles. The summed E-state index contributed by atoms with van der Waals surface area (Å²) in [6, 6.07) is 7.06. The highest BCUT2D eigenvalue weighted by molar-refractivity contribution is 6.03. The molecule has 1 N–H and O–H groups in total. The zero-order chi connectivity index (χ0) is 14.5. The van der Waals surface area contributed by atoms with Crippen molar-refractivity contribution in [1.29, 1.82) is 0 Å². The fourth-order valence-electron chi connectivity index (χ4n) is 1.86. The van der Waals surface area contributed by atoms with Gasteiger partial charge in [-0.15, -0.1) is 0 Å². The lowest BCUT2D eigenvalue weighted by Crippen LogP contribution is -2.14. The van der Waals surface area contributed by atoms with Crippen LogP contribution in [0.4, 0.5) is 5.95 Å². The first-order valence-electron chi connectivity index (χ1n) is 6.38. The zero-order valence-corrected chi connectivity index (χ0v) is 11.8. The maximum atomic E-state index is 12.2. The Balaban J connectivity index is 2.24. The van der Waals surface area contributed by atoms with Gasteiger partial charge in [-0.25, -0.2) is 9.97 Å². The minimum atomic E-state index is -0.235. The highest BCUT2D eigenvalue weighted by atomic mass is 16.5. The first kappa shape index (κ1) is 14.0. The highest BCUT2D eigenvalue weighted by Gasteiger charge is 2.13. The molecule has 1 amide bonds. The Morgan fingerprint density at radius 2 is 1.95 bits per heavy atom. The molecule has 0 aliphatic rings. The number of methoxy groups -OCH3 is 1. The second-order valence-electron chi connectivity index (χ2n) is 4.64. The van der Waals surface area contributed by atoms with Crippen LogP contribution in [-0.4, -0.2) is 23.0 Å². The van der Waals surface area contributed by atoms with Crippen LogP contribution in [0, 0.1) is 0 Å². The highest BCUT2D eigenvalue weighted by Crippen LogP contribution is 2.27. The van der Waals surface area contributed by atoms with E-state index in [2.05, 4.69) is 29.1 Å². The monoisotopic (exact) mass is 271 g/mol. The number of carbonyl (C=O) groups is 1. The number of aromatic nitrogens is 2. The van der Waals surface area contributed by atoms with Crippen LogP contribution in [0.3, 0.4) is 0 Å². The molecular formula is C15H17N3O2. The molecular weight excluding hydrogens is 254 g/mol. The summed E-state index contributed by atoms with van der Waals surface area (Å²) in [6.45, 7) is 4.11. The normalized spacial score (nSPS) is 10.4. The maximum Gasteiger partial charge on any atom is 0.258 e. The Kier molecular flexibility index (Phi) is 4.30. The molecule has 104 valence electrons. The fraction of sp³-hybridized carbons (Fsp3) is 0.267. The van der Waals surface area contributed by atoms with Gasteiger partial charge in [0.25, 0.3) is 5.91 Å². The Labute approximate surface area is 118 Å². The van der Waals surface area contributed by atoms with Gasteiger partial charge in [0.2, 0.25) is 5.95 Å². The smallest absolute Gasteiger partial charge is 0.258 e. The van der Waals surface area contributed by atoms with Crippen LogP contribution in [0.5, 0.6) is 5.75 Å². The summed E-state index contributed by atoms with van der Waals surface area (Å²) in [5.74, 6) is 1.11. The van der Waals surface area contributed by atoms with Crippen molar-refractivity contribution in [3.8, 4) is 5.75 Å². The largest absolute Gasteiger partial charge is 0.496 e. The number of nitrogens with zero attached hydrogens (tertiary/aromatic N) is 2. The SMILES string of the molecule is COc1ccc(C(=O)Nc2ncccn2)cc1C(C)C. The van der Waals surface area contributed by atoms with Crippen molar-refractivity contribution < 1.29 is 9.53 Å². The van der Waals surface area contributed by atoms with Gasteiger partial charge in [-0.05, 0) is 35.7 Å². The average molecular weight is 271 g/mol. The van der Waals surface area contributed by atoms with Gasteiger partial charge in [-0.3, -0.25) is 10.1 Å². The Morgan fingerprint density at radius 3 is 2.55 bits per heavy atom. The maximum absolute atomic E-state index is 12.2. The quantitative estimate of drug-likeness (QED) is 0.928. The number of hydrogen-bond acceptors (Lipinski definition) is 4. The van der Waals surface area contributed by atoms with E-state index in [0.29, 0.717) is 11.5 Å². The van der Waals surface area contributed by atoms with E-state index in [1.54, 1.807) is 37.7 Å². The first-order valence-corrected chi connectivity index (χ1v) is 6.38. The van der Waals surface area contributed by atoms with Crippen molar-refractivity contribution in [3.05, 3.63) is 47.8 Å². The summed E-state index contributed by atoms with van der Waals surface area (Å²) in [6.07, 6.45) is 3.16. The molecule has 20 heavy (non-hydrogen) atoms. The van der Waals surface area contributed by atoms with Gasteiger partial charge in [0.1, 0.15) is 5.75 Å². The number of nitrogens with one attached hydrogen (secondary N) is 1. The third-order valence-electron chi connectivity index (χ3n) is 2.91. The van der Waals surface area contributed by atoms with Gasteiger partial charge < -0.3 is 4.74 Å². The molecule has 1 heterocycles. The predicted octanol–water partition coefficient (Wildman–Crippen LogP) is 2.86. The molecule has 1 aromatic carbocycles. The summed E-state index contributed by atoms with van der Waals surface area (Å²) in [4.78, 5) is 20.1. The van der Waals surface area contributed by atoms with Crippen LogP contribution in [0.15, 0.2) is 36.7 Å². The second kappa shape index (κ2) is 6.14. The summed E-state index contributed by atoms with van der Waals surface area (Å²) in [5, 5.41) is 2.66. The molecule has 0 fully saturated rings. The number of carbonyl (C=O) groups excluding carboxylic acids is 1. The zero-order valence-electron chi connectivity index (χ0n) is 11.8. The molecule has 0 radical (unpaired) electrons. The lowest BCUT2D eigenvalue weighted by atomic mass is 9.99. The number of amides is 1. The van der Waals surface area contributed by atoms with Crippen LogP contribution < -0.4 is 10.1 Å². The van der Waals surface area contributed by atoms with Crippen molar-refractivity contribution in [2.24, 2.45) is 0 Å². The predicted molar refractivity (Wildman–Crippen MR) is 77.1 cm³/mol. The summed E-state index contributed by atoms with van der Waals surface area (Å²) >= 11 is 0. The van der Waals surface area contributed by atoms with E-state index in [1.807, 2.05) is 6.07 Å². The van der Waals surface area contributed by atoms with Gasteiger partial charge >= 0.3 is 0 Å². The van der Waals surface area contributed by atoms with E-state index in [9.17, 15) is 4.79 Å². The number of ether oxygens (including phenoxy) is 1.